The van der Waals surface area contributed by atoms with Crippen molar-refractivity contribution in [1.29, 1.82) is 0 Å². The molecule has 0 saturated carbocycles. The highest BCUT2D eigenvalue weighted by Crippen LogP contribution is 2.32. The monoisotopic (exact) mass is 367 g/mol. The van der Waals surface area contributed by atoms with E-state index < -0.39 is 0 Å². The van der Waals surface area contributed by atoms with E-state index in [2.05, 4.69) is 51.6 Å². The molecule has 1 aromatic rings. The lowest BCUT2D eigenvalue weighted by molar-refractivity contribution is -0.125. The Morgan fingerprint density at radius 2 is 1.96 bits per heavy atom. The summed E-state index contributed by atoms with van der Waals surface area (Å²) >= 11 is 0. The second-order valence-electron chi connectivity index (χ2n) is 8.50. The average Bonchev–Trinajstić information content (AvgIpc) is 2.68. The summed E-state index contributed by atoms with van der Waals surface area (Å²) < 4.78 is 0. The van der Waals surface area contributed by atoms with Crippen LogP contribution in [0.3, 0.4) is 0 Å². The van der Waals surface area contributed by atoms with Gasteiger partial charge in [-0.3, -0.25) is 4.79 Å². The Balaban J connectivity index is 1.98. The van der Waals surface area contributed by atoms with E-state index in [1.807, 2.05) is 7.05 Å². The molecule has 0 aliphatic heterocycles. The first-order valence-electron chi connectivity index (χ1n) is 10.5. The number of allylic oxidation sites excluding steroid dienone is 1. The first kappa shape index (κ1) is 21.5. The molecule has 0 spiro atoms. The Bertz CT molecular complexity index is 700. The number of hydrogen-bond donors (Lipinski definition) is 0. The minimum Gasteiger partial charge on any atom is -0.342 e. The molecular weight excluding hydrogens is 330 g/mol. The van der Waals surface area contributed by atoms with Gasteiger partial charge in [-0.2, -0.15) is 0 Å². The minimum atomic E-state index is 0.0342. The Kier molecular flexibility index (Phi) is 7.89. The van der Waals surface area contributed by atoms with Gasteiger partial charge in [0.1, 0.15) is 0 Å². The summed E-state index contributed by atoms with van der Waals surface area (Å²) in [7, 11) is 1.85. The molecule has 0 aromatic heterocycles. The van der Waals surface area contributed by atoms with Crippen molar-refractivity contribution >= 4 is 12.0 Å². The molecule has 2 rings (SSSR count). The number of hydrogen-bond acceptors (Lipinski definition) is 1. The van der Waals surface area contributed by atoms with Crippen LogP contribution in [-0.2, 0) is 17.6 Å². The summed E-state index contributed by atoms with van der Waals surface area (Å²) in [5, 5.41) is 0. The quantitative estimate of drug-likeness (QED) is 0.486. The van der Waals surface area contributed by atoms with Gasteiger partial charge in [0.2, 0.25) is 5.91 Å². The number of fused-ring (bicyclic) bond motifs is 1. The van der Waals surface area contributed by atoms with Crippen LogP contribution in [0, 0.1) is 11.8 Å². The van der Waals surface area contributed by atoms with E-state index in [0.717, 1.165) is 25.3 Å². The predicted molar refractivity (Wildman–Crippen MR) is 117 cm³/mol. The second kappa shape index (κ2) is 9.92. The van der Waals surface area contributed by atoms with Crippen molar-refractivity contribution in [3.05, 3.63) is 52.6 Å². The van der Waals surface area contributed by atoms with Crippen LogP contribution >= 0.6 is 0 Å². The number of nitrogens with zero attached hydrogens (tertiary/aromatic N) is 1. The fourth-order valence-electron chi connectivity index (χ4n) is 3.76. The third-order valence-electron chi connectivity index (χ3n) is 6.10. The number of benzene rings is 1. The average molecular weight is 368 g/mol. The van der Waals surface area contributed by atoms with Gasteiger partial charge >= 0.3 is 0 Å². The van der Waals surface area contributed by atoms with E-state index in [4.69, 9.17) is 0 Å². The number of carbonyl (C=O) groups excluding carboxylic acids is 1. The van der Waals surface area contributed by atoms with Gasteiger partial charge in [0.25, 0.3) is 0 Å². The topological polar surface area (TPSA) is 20.3 Å². The molecule has 0 saturated heterocycles. The Hall–Kier alpha value is -1.83. The van der Waals surface area contributed by atoms with Crippen LogP contribution in [-0.4, -0.2) is 24.4 Å². The lowest BCUT2D eigenvalue weighted by Crippen LogP contribution is -2.29. The Labute approximate surface area is 166 Å². The summed E-state index contributed by atoms with van der Waals surface area (Å²) in [6.07, 6.45) is 9.57. The predicted octanol–water partition coefficient (Wildman–Crippen LogP) is 6.06. The summed E-state index contributed by atoms with van der Waals surface area (Å²) in [6.45, 7) is 13.3. The van der Waals surface area contributed by atoms with Crippen LogP contribution in [0.15, 0.2) is 35.9 Å². The van der Waals surface area contributed by atoms with E-state index in [1.54, 1.807) is 17.4 Å². The summed E-state index contributed by atoms with van der Waals surface area (Å²) in [5.41, 5.74) is 6.38. The van der Waals surface area contributed by atoms with E-state index in [1.165, 1.54) is 42.4 Å². The van der Waals surface area contributed by atoms with Gasteiger partial charge in [-0.05, 0) is 61.1 Å². The zero-order valence-corrected chi connectivity index (χ0v) is 18.0. The normalized spacial score (nSPS) is 15.5. The van der Waals surface area contributed by atoms with E-state index in [0.29, 0.717) is 11.5 Å². The second-order valence-corrected chi connectivity index (χ2v) is 8.50. The van der Waals surface area contributed by atoms with Crippen molar-refractivity contribution in [2.45, 2.75) is 66.2 Å². The molecule has 0 radical (unpaired) electrons. The van der Waals surface area contributed by atoms with Crippen LogP contribution in [0.5, 0.6) is 0 Å². The van der Waals surface area contributed by atoms with Gasteiger partial charge in [-0.1, -0.05) is 70.0 Å². The van der Waals surface area contributed by atoms with Crippen molar-refractivity contribution in [1.82, 2.24) is 4.90 Å². The van der Waals surface area contributed by atoms with Crippen LogP contribution in [0.25, 0.3) is 6.08 Å². The minimum absolute atomic E-state index is 0.0342. The molecule has 0 heterocycles. The third-order valence-corrected chi connectivity index (χ3v) is 6.10. The van der Waals surface area contributed by atoms with Crippen molar-refractivity contribution in [2.24, 2.45) is 11.8 Å². The molecule has 2 nitrogen and oxygen atoms in total. The third kappa shape index (κ3) is 6.09. The van der Waals surface area contributed by atoms with Crippen LogP contribution in [0.2, 0.25) is 0 Å². The fraction of sp³-hybridized carbons (Fsp3) is 0.560. The molecule has 1 aliphatic carbocycles. The van der Waals surface area contributed by atoms with Gasteiger partial charge < -0.3 is 4.90 Å². The van der Waals surface area contributed by atoms with Gasteiger partial charge in [-0.15, -0.1) is 0 Å². The zero-order valence-electron chi connectivity index (χ0n) is 18.0. The summed E-state index contributed by atoms with van der Waals surface area (Å²) in [4.78, 5) is 13.7. The summed E-state index contributed by atoms with van der Waals surface area (Å²) in [5.74, 6) is 1.56. The van der Waals surface area contributed by atoms with E-state index >= 15 is 0 Å². The largest absolute Gasteiger partial charge is 0.342 e. The highest BCUT2D eigenvalue weighted by molar-refractivity contribution is 5.91. The van der Waals surface area contributed by atoms with Gasteiger partial charge in [0.05, 0.1) is 0 Å². The molecule has 0 bridgehead atoms. The lowest BCUT2D eigenvalue weighted by atomic mass is 9.82. The molecule has 2 unspecified atom stereocenters. The SMILES string of the molecule is C=C(C)C(=O)N(C)CCc1ccc2c(c1)CCC(C(C)CCC(C)CC)=C2. The van der Waals surface area contributed by atoms with Crippen LogP contribution in [0.1, 0.15) is 70.1 Å². The van der Waals surface area contributed by atoms with E-state index in [-0.39, 0.29) is 5.91 Å². The molecule has 1 amide bonds. The molecule has 1 aromatic carbocycles. The summed E-state index contributed by atoms with van der Waals surface area (Å²) in [6, 6.07) is 6.83. The number of aryl methyl sites for hydroxylation is 1. The first-order valence-corrected chi connectivity index (χ1v) is 10.5. The van der Waals surface area contributed by atoms with Gasteiger partial charge in [-0.25, -0.2) is 0 Å². The van der Waals surface area contributed by atoms with Crippen molar-refractivity contribution in [3.63, 3.8) is 0 Å². The van der Waals surface area contributed by atoms with Crippen LogP contribution < -0.4 is 0 Å². The molecule has 148 valence electrons. The number of rotatable bonds is 9. The zero-order chi connectivity index (χ0) is 20.0. The fourth-order valence-corrected chi connectivity index (χ4v) is 3.76. The van der Waals surface area contributed by atoms with Gasteiger partial charge in [0.15, 0.2) is 0 Å². The number of amides is 1. The highest BCUT2D eigenvalue weighted by Gasteiger charge is 2.17. The lowest BCUT2D eigenvalue weighted by Gasteiger charge is -2.23. The number of likely N-dealkylation sites (N-methyl/N-ethyl adjacent to an activating group) is 1. The first-order chi connectivity index (χ1) is 12.8. The maximum atomic E-state index is 11.9. The molecule has 2 heteroatoms. The maximum absolute atomic E-state index is 11.9. The molecule has 2 atom stereocenters. The number of carbonyl (C=O) groups is 1. The smallest absolute Gasteiger partial charge is 0.248 e. The van der Waals surface area contributed by atoms with Crippen molar-refractivity contribution in [3.8, 4) is 0 Å². The van der Waals surface area contributed by atoms with Crippen molar-refractivity contribution in [2.75, 3.05) is 13.6 Å². The Morgan fingerprint density at radius 3 is 2.63 bits per heavy atom. The molecule has 0 N–H and O–H groups in total. The molecule has 1 aliphatic rings. The maximum Gasteiger partial charge on any atom is 0.248 e. The highest BCUT2D eigenvalue weighted by atomic mass is 16.2. The Morgan fingerprint density at radius 1 is 1.22 bits per heavy atom. The van der Waals surface area contributed by atoms with Gasteiger partial charge in [0, 0.05) is 19.2 Å². The molecule has 0 fully saturated rings. The van der Waals surface area contributed by atoms with Crippen molar-refractivity contribution < 1.29 is 4.79 Å². The van der Waals surface area contributed by atoms with Crippen LogP contribution in [0.4, 0.5) is 0 Å². The molecule has 27 heavy (non-hydrogen) atoms. The van der Waals surface area contributed by atoms with E-state index in [9.17, 15) is 4.79 Å². The molecular formula is C25H37NO. The standard InChI is InChI=1S/C25H37NO/c1-7-19(4)8-9-20(5)22-12-13-23-16-21(10-11-24(23)17-22)14-15-26(6)25(27)18(2)3/h10-11,16-17,19-20H,2,7-9,12-15H2,1,3-6H3.